The molecule has 4 rings (SSSR count). The molecule has 1 N–H and O–H groups in total. The molecule has 0 fully saturated rings. The summed E-state index contributed by atoms with van der Waals surface area (Å²) >= 11 is 0. The minimum atomic E-state index is -0.795. The fourth-order valence-electron chi connectivity index (χ4n) is 4.45. The van der Waals surface area contributed by atoms with E-state index in [0.717, 1.165) is 16.7 Å². The molecule has 0 aliphatic rings. The van der Waals surface area contributed by atoms with E-state index in [0.29, 0.717) is 16.9 Å². The van der Waals surface area contributed by atoms with Gasteiger partial charge in [-0.2, -0.15) is 0 Å². The zero-order valence-electron chi connectivity index (χ0n) is 21.3. The van der Waals surface area contributed by atoms with Crippen LogP contribution in [0.5, 0.6) is 5.75 Å². The summed E-state index contributed by atoms with van der Waals surface area (Å²) in [6, 6.07) is 15.9. The van der Waals surface area contributed by atoms with Crippen LogP contribution in [-0.4, -0.2) is 22.8 Å². The Kier molecular flexibility index (Phi) is 8.16. The molecule has 3 aromatic carbocycles. The second kappa shape index (κ2) is 11.5. The Morgan fingerprint density at radius 2 is 1.58 bits per heavy atom. The molecule has 4 aromatic rings. The van der Waals surface area contributed by atoms with Gasteiger partial charge >= 0.3 is 5.69 Å². The fraction of sp³-hybridized carbons (Fsp3) is 0.241. The molecule has 1 atom stereocenters. The average molecular weight is 524 g/mol. The number of hydrogen-bond donors (Lipinski definition) is 1. The van der Waals surface area contributed by atoms with Crippen molar-refractivity contribution in [3.8, 4) is 16.9 Å². The number of hydrogen-bond acceptors (Lipinski definition) is 4. The second-order valence-corrected chi connectivity index (χ2v) is 9.01. The van der Waals surface area contributed by atoms with Gasteiger partial charge in [0.15, 0.2) is 0 Å². The average Bonchev–Trinajstić information content (AvgIpc) is 2.89. The maximum absolute atomic E-state index is 14.5. The molecule has 0 saturated heterocycles. The standard InChI is InChI=1S/C29H28F3N3O3/c1-18(15-33-16-21-8-4-5-11-24(21)30)35-28(36)27(20-9-6-10-22(14-20)38-3)19(2)34(29(35)37)17-23-25(31)12-7-13-26(23)32/h4-14,18,33H,15-17H2,1-3H3/t18-/m1/s1. The molecular formula is C29H28F3N3O3. The first-order chi connectivity index (χ1) is 18.2. The molecule has 0 unspecified atom stereocenters. The molecule has 0 aliphatic heterocycles. The van der Waals surface area contributed by atoms with Crippen molar-refractivity contribution in [1.82, 2.24) is 14.5 Å². The Labute approximate surface area is 217 Å². The number of benzene rings is 3. The van der Waals surface area contributed by atoms with Crippen LogP contribution in [0.3, 0.4) is 0 Å². The maximum atomic E-state index is 14.5. The largest absolute Gasteiger partial charge is 0.497 e. The Balaban J connectivity index is 1.81. The predicted octanol–water partition coefficient (Wildman–Crippen LogP) is 4.81. The van der Waals surface area contributed by atoms with Crippen molar-refractivity contribution in [3.05, 3.63) is 122 Å². The van der Waals surface area contributed by atoms with Gasteiger partial charge in [0.2, 0.25) is 0 Å². The van der Waals surface area contributed by atoms with Gasteiger partial charge in [-0.3, -0.25) is 13.9 Å². The summed E-state index contributed by atoms with van der Waals surface area (Å²) in [6.07, 6.45) is 0. The Morgan fingerprint density at radius 1 is 0.921 bits per heavy atom. The summed E-state index contributed by atoms with van der Waals surface area (Å²) < 4.78 is 50.7. The lowest BCUT2D eigenvalue weighted by Crippen LogP contribution is -2.45. The first-order valence-corrected chi connectivity index (χ1v) is 12.1. The lowest BCUT2D eigenvalue weighted by atomic mass is 10.0. The van der Waals surface area contributed by atoms with E-state index in [4.69, 9.17) is 4.74 Å². The minimum Gasteiger partial charge on any atom is -0.497 e. The SMILES string of the molecule is COc1cccc(-c2c(C)n(Cc3c(F)cccc3F)c(=O)n([C@H](C)CNCc3ccccc3F)c2=O)c1. The molecule has 0 radical (unpaired) electrons. The Bertz CT molecular complexity index is 1560. The van der Waals surface area contributed by atoms with Gasteiger partial charge in [-0.15, -0.1) is 0 Å². The van der Waals surface area contributed by atoms with Gasteiger partial charge in [0, 0.05) is 29.9 Å². The summed E-state index contributed by atoms with van der Waals surface area (Å²) in [7, 11) is 1.50. The Hall–Kier alpha value is -4.11. The lowest BCUT2D eigenvalue weighted by molar-refractivity contribution is 0.415. The van der Waals surface area contributed by atoms with Crippen molar-refractivity contribution in [2.45, 2.75) is 33.0 Å². The van der Waals surface area contributed by atoms with Gasteiger partial charge in [-0.05, 0) is 49.7 Å². The van der Waals surface area contributed by atoms with Crippen molar-refractivity contribution in [2.75, 3.05) is 13.7 Å². The molecule has 0 spiro atoms. The molecule has 198 valence electrons. The number of methoxy groups -OCH3 is 1. The third kappa shape index (κ3) is 5.43. The summed E-state index contributed by atoms with van der Waals surface area (Å²) in [4.78, 5) is 27.4. The van der Waals surface area contributed by atoms with Crippen LogP contribution < -0.4 is 21.3 Å². The van der Waals surface area contributed by atoms with Gasteiger partial charge in [0.05, 0.1) is 25.3 Å². The van der Waals surface area contributed by atoms with Crippen molar-refractivity contribution >= 4 is 0 Å². The normalized spacial score (nSPS) is 11.9. The molecule has 0 aliphatic carbocycles. The van der Waals surface area contributed by atoms with E-state index in [1.54, 1.807) is 56.3 Å². The van der Waals surface area contributed by atoms with E-state index < -0.39 is 35.5 Å². The second-order valence-electron chi connectivity index (χ2n) is 9.01. The number of rotatable bonds is 9. The minimum absolute atomic E-state index is 0.165. The van der Waals surface area contributed by atoms with Crippen LogP contribution in [0.4, 0.5) is 13.2 Å². The zero-order valence-corrected chi connectivity index (χ0v) is 21.3. The molecule has 0 bridgehead atoms. The monoisotopic (exact) mass is 523 g/mol. The Morgan fingerprint density at radius 3 is 2.26 bits per heavy atom. The van der Waals surface area contributed by atoms with Crippen LogP contribution in [0.25, 0.3) is 11.1 Å². The first kappa shape index (κ1) is 26.9. The zero-order chi connectivity index (χ0) is 27.4. The predicted molar refractivity (Wildman–Crippen MR) is 140 cm³/mol. The van der Waals surface area contributed by atoms with E-state index in [1.165, 1.54) is 23.8 Å². The molecule has 1 aromatic heterocycles. The van der Waals surface area contributed by atoms with Crippen molar-refractivity contribution in [1.29, 1.82) is 0 Å². The maximum Gasteiger partial charge on any atom is 0.331 e. The summed E-state index contributed by atoms with van der Waals surface area (Å²) in [5, 5.41) is 3.09. The van der Waals surface area contributed by atoms with E-state index in [1.807, 2.05) is 0 Å². The molecule has 38 heavy (non-hydrogen) atoms. The van der Waals surface area contributed by atoms with Crippen molar-refractivity contribution in [3.63, 3.8) is 0 Å². The fourth-order valence-corrected chi connectivity index (χ4v) is 4.45. The number of halogens is 3. The highest BCUT2D eigenvalue weighted by Crippen LogP contribution is 2.25. The summed E-state index contributed by atoms with van der Waals surface area (Å²) in [5.74, 6) is -1.45. The smallest absolute Gasteiger partial charge is 0.331 e. The van der Waals surface area contributed by atoms with Gasteiger partial charge in [0.1, 0.15) is 23.2 Å². The topological polar surface area (TPSA) is 65.3 Å². The molecule has 1 heterocycles. The quantitative estimate of drug-likeness (QED) is 0.342. The molecule has 0 saturated carbocycles. The van der Waals surface area contributed by atoms with Crippen LogP contribution in [0.1, 0.15) is 29.8 Å². The first-order valence-electron chi connectivity index (χ1n) is 12.1. The van der Waals surface area contributed by atoms with Crippen LogP contribution in [0, 0.1) is 24.4 Å². The summed E-state index contributed by atoms with van der Waals surface area (Å²) in [5.41, 5.74) is -0.131. The molecule has 9 heteroatoms. The van der Waals surface area contributed by atoms with Crippen LogP contribution in [0.2, 0.25) is 0 Å². The van der Waals surface area contributed by atoms with Crippen LogP contribution in [0.15, 0.2) is 76.3 Å². The highest BCUT2D eigenvalue weighted by Gasteiger charge is 2.23. The van der Waals surface area contributed by atoms with E-state index in [9.17, 15) is 22.8 Å². The van der Waals surface area contributed by atoms with Gasteiger partial charge in [-0.1, -0.05) is 36.4 Å². The van der Waals surface area contributed by atoms with Crippen LogP contribution in [-0.2, 0) is 13.1 Å². The van der Waals surface area contributed by atoms with E-state index in [-0.39, 0.29) is 35.7 Å². The lowest BCUT2D eigenvalue weighted by Gasteiger charge is -2.22. The number of nitrogens with one attached hydrogen (secondary N) is 1. The van der Waals surface area contributed by atoms with Crippen molar-refractivity contribution in [2.24, 2.45) is 0 Å². The molecular weight excluding hydrogens is 495 g/mol. The number of nitrogens with zero attached hydrogens (tertiary/aromatic N) is 2. The van der Waals surface area contributed by atoms with Gasteiger partial charge < -0.3 is 10.1 Å². The molecule has 6 nitrogen and oxygen atoms in total. The van der Waals surface area contributed by atoms with Gasteiger partial charge in [0.25, 0.3) is 5.56 Å². The molecule has 0 amide bonds. The number of ether oxygens (including phenoxy) is 1. The van der Waals surface area contributed by atoms with Gasteiger partial charge in [-0.25, -0.2) is 18.0 Å². The number of aromatic nitrogens is 2. The third-order valence-corrected chi connectivity index (χ3v) is 6.53. The van der Waals surface area contributed by atoms with E-state index >= 15 is 0 Å². The third-order valence-electron chi connectivity index (χ3n) is 6.53. The van der Waals surface area contributed by atoms with Crippen LogP contribution >= 0.6 is 0 Å². The van der Waals surface area contributed by atoms with Crippen molar-refractivity contribution < 1.29 is 17.9 Å². The highest BCUT2D eigenvalue weighted by molar-refractivity contribution is 5.66. The van der Waals surface area contributed by atoms with E-state index in [2.05, 4.69) is 5.32 Å². The highest BCUT2D eigenvalue weighted by atomic mass is 19.1. The summed E-state index contributed by atoms with van der Waals surface area (Å²) in [6.45, 7) is 3.20.